The number of carbonyl (C=O) groups is 1. The summed E-state index contributed by atoms with van der Waals surface area (Å²) in [4.78, 5) is 25.9. The lowest BCUT2D eigenvalue weighted by molar-refractivity contribution is 0.0945. The van der Waals surface area contributed by atoms with Gasteiger partial charge in [-0.3, -0.25) is 9.59 Å². The van der Waals surface area contributed by atoms with Gasteiger partial charge in [-0.1, -0.05) is 13.3 Å². The quantitative estimate of drug-likeness (QED) is 0.762. The van der Waals surface area contributed by atoms with E-state index in [4.69, 9.17) is 11.6 Å². The number of aromatic amines is 1. The lowest BCUT2D eigenvalue weighted by Crippen LogP contribution is -2.32. The molecule has 17 heavy (non-hydrogen) atoms. The predicted molar refractivity (Wildman–Crippen MR) is 68.5 cm³/mol. The van der Waals surface area contributed by atoms with Crippen LogP contribution in [0.1, 0.15) is 30.1 Å². The van der Waals surface area contributed by atoms with Crippen molar-refractivity contribution in [3.63, 3.8) is 0 Å². The van der Waals surface area contributed by atoms with Gasteiger partial charge in [0.1, 0.15) is 5.56 Å². The molecule has 1 aromatic heterocycles. The van der Waals surface area contributed by atoms with E-state index in [0.717, 1.165) is 12.8 Å². The number of pyridine rings is 1. The molecule has 0 aliphatic carbocycles. The summed E-state index contributed by atoms with van der Waals surface area (Å²) in [6.07, 6.45) is 4.74. The molecule has 0 fully saturated rings. The number of carbonyl (C=O) groups excluding carboxylic acids is 1. The van der Waals surface area contributed by atoms with Crippen LogP contribution < -0.4 is 10.7 Å². The highest BCUT2D eigenvalue weighted by atomic mass is 35.5. The van der Waals surface area contributed by atoms with Crippen LogP contribution in [0.2, 0.25) is 0 Å². The SMILES string of the molecule is CCC(CCCl)CNC(=O)c1c[nH]ccc1=O. The van der Waals surface area contributed by atoms with E-state index in [0.29, 0.717) is 18.3 Å². The van der Waals surface area contributed by atoms with Crippen LogP contribution in [0.3, 0.4) is 0 Å². The Bertz CT molecular complexity index is 417. The summed E-state index contributed by atoms with van der Waals surface area (Å²) < 4.78 is 0. The number of H-pyrrole nitrogens is 1. The van der Waals surface area contributed by atoms with Crippen LogP contribution in [0.5, 0.6) is 0 Å². The van der Waals surface area contributed by atoms with E-state index in [1.54, 1.807) is 0 Å². The molecule has 1 heterocycles. The highest BCUT2D eigenvalue weighted by Gasteiger charge is 2.11. The van der Waals surface area contributed by atoms with Gasteiger partial charge in [-0.2, -0.15) is 0 Å². The molecule has 0 aromatic carbocycles. The Balaban J connectivity index is 2.55. The maximum Gasteiger partial charge on any atom is 0.256 e. The number of amides is 1. The molecule has 5 heteroatoms. The third kappa shape index (κ3) is 4.23. The number of rotatable bonds is 6. The molecule has 2 N–H and O–H groups in total. The first-order valence-electron chi connectivity index (χ1n) is 5.70. The summed E-state index contributed by atoms with van der Waals surface area (Å²) in [7, 11) is 0. The van der Waals surface area contributed by atoms with Gasteiger partial charge in [0.15, 0.2) is 5.43 Å². The van der Waals surface area contributed by atoms with Crippen LogP contribution in [0, 0.1) is 5.92 Å². The number of alkyl halides is 1. The first kappa shape index (κ1) is 13.8. The molecule has 0 saturated heterocycles. The normalized spacial score (nSPS) is 12.1. The number of hydrogen-bond acceptors (Lipinski definition) is 2. The summed E-state index contributed by atoms with van der Waals surface area (Å²) in [5.41, 5.74) is -0.125. The Hall–Kier alpha value is -1.29. The summed E-state index contributed by atoms with van der Waals surface area (Å²) >= 11 is 5.66. The number of halogens is 1. The highest BCUT2D eigenvalue weighted by molar-refractivity contribution is 6.17. The van der Waals surface area contributed by atoms with E-state index in [1.165, 1.54) is 18.5 Å². The Morgan fingerprint density at radius 1 is 1.59 bits per heavy atom. The fourth-order valence-corrected chi connectivity index (χ4v) is 1.84. The molecule has 1 atom stereocenters. The van der Waals surface area contributed by atoms with Gasteiger partial charge in [-0.25, -0.2) is 0 Å². The zero-order valence-electron chi connectivity index (χ0n) is 9.83. The molecule has 1 aromatic rings. The first-order chi connectivity index (χ1) is 8.19. The van der Waals surface area contributed by atoms with Gasteiger partial charge < -0.3 is 10.3 Å². The van der Waals surface area contributed by atoms with Crippen LogP contribution in [0.15, 0.2) is 23.3 Å². The van der Waals surface area contributed by atoms with Gasteiger partial charge in [0.2, 0.25) is 0 Å². The summed E-state index contributed by atoms with van der Waals surface area (Å²) in [6, 6.07) is 1.34. The average molecular weight is 257 g/mol. The van der Waals surface area contributed by atoms with Gasteiger partial charge in [0.25, 0.3) is 5.91 Å². The van der Waals surface area contributed by atoms with E-state index in [9.17, 15) is 9.59 Å². The molecule has 94 valence electrons. The molecular formula is C12H17ClN2O2. The third-order valence-electron chi connectivity index (χ3n) is 2.71. The van der Waals surface area contributed by atoms with E-state index in [2.05, 4.69) is 17.2 Å². The first-order valence-corrected chi connectivity index (χ1v) is 6.23. The van der Waals surface area contributed by atoms with E-state index < -0.39 is 0 Å². The molecule has 0 saturated carbocycles. The summed E-state index contributed by atoms with van der Waals surface area (Å²) in [5, 5.41) is 2.76. The number of hydrogen-bond donors (Lipinski definition) is 2. The highest BCUT2D eigenvalue weighted by Crippen LogP contribution is 2.07. The standard InChI is InChI=1S/C12H17ClN2O2/c1-2-9(3-5-13)7-15-12(17)10-8-14-6-4-11(10)16/h4,6,8-9H,2-3,5,7H2,1H3,(H,14,16)(H,15,17). The fourth-order valence-electron chi connectivity index (χ4n) is 1.53. The van der Waals surface area contributed by atoms with Crippen molar-refractivity contribution in [3.8, 4) is 0 Å². The predicted octanol–water partition coefficient (Wildman–Crippen LogP) is 1.76. The van der Waals surface area contributed by atoms with Gasteiger partial charge in [-0.15, -0.1) is 11.6 Å². The zero-order chi connectivity index (χ0) is 12.7. The second-order valence-corrected chi connectivity index (χ2v) is 4.26. The lowest BCUT2D eigenvalue weighted by Gasteiger charge is -2.13. The van der Waals surface area contributed by atoms with Crippen molar-refractivity contribution in [2.45, 2.75) is 19.8 Å². The van der Waals surface area contributed by atoms with Crippen molar-refractivity contribution in [1.82, 2.24) is 10.3 Å². The summed E-state index contributed by atoms with van der Waals surface area (Å²) in [6.45, 7) is 2.61. The van der Waals surface area contributed by atoms with Crippen LogP contribution in [-0.2, 0) is 0 Å². The Morgan fingerprint density at radius 2 is 2.35 bits per heavy atom. The average Bonchev–Trinajstić information content (AvgIpc) is 2.34. The maximum atomic E-state index is 11.7. The molecule has 4 nitrogen and oxygen atoms in total. The monoisotopic (exact) mass is 256 g/mol. The second-order valence-electron chi connectivity index (χ2n) is 3.88. The van der Waals surface area contributed by atoms with Crippen LogP contribution in [0.25, 0.3) is 0 Å². The van der Waals surface area contributed by atoms with Crippen LogP contribution in [0.4, 0.5) is 0 Å². The maximum absolute atomic E-state index is 11.7. The smallest absolute Gasteiger partial charge is 0.256 e. The molecule has 1 amide bonds. The third-order valence-corrected chi connectivity index (χ3v) is 2.93. The number of nitrogens with one attached hydrogen (secondary N) is 2. The van der Waals surface area contributed by atoms with E-state index in [1.807, 2.05) is 0 Å². The molecule has 0 bridgehead atoms. The minimum Gasteiger partial charge on any atom is -0.367 e. The van der Waals surface area contributed by atoms with Crippen molar-refractivity contribution >= 4 is 17.5 Å². The minimum absolute atomic E-state index is 0.147. The molecular weight excluding hydrogens is 240 g/mol. The van der Waals surface area contributed by atoms with Gasteiger partial charge in [0.05, 0.1) is 0 Å². The Morgan fingerprint density at radius 3 is 2.94 bits per heavy atom. The largest absolute Gasteiger partial charge is 0.367 e. The van der Waals surface area contributed by atoms with Gasteiger partial charge in [-0.05, 0) is 12.3 Å². The van der Waals surface area contributed by atoms with Crippen molar-refractivity contribution in [2.24, 2.45) is 5.92 Å². The van der Waals surface area contributed by atoms with Crippen molar-refractivity contribution in [1.29, 1.82) is 0 Å². The Labute approximate surface area is 105 Å². The van der Waals surface area contributed by atoms with Crippen molar-refractivity contribution in [2.75, 3.05) is 12.4 Å². The van der Waals surface area contributed by atoms with E-state index in [-0.39, 0.29) is 16.9 Å². The van der Waals surface area contributed by atoms with Gasteiger partial charge >= 0.3 is 0 Å². The lowest BCUT2D eigenvalue weighted by atomic mass is 10.0. The number of aromatic nitrogens is 1. The molecule has 0 spiro atoms. The van der Waals surface area contributed by atoms with Crippen LogP contribution >= 0.6 is 11.6 Å². The fraction of sp³-hybridized carbons (Fsp3) is 0.500. The molecule has 1 rings (SSSR count). The summed E-state index contributed by atoms with van der Waals surface area (Å²) in [5.74, 6) is 0.611. The minimum atomic E-state index is -0.333. The second kappa shape index (κ2) is 7.12. The van der Waals surface area contributed by atoms with Gasteiger partial charge in [0, 0.05) is 30.9 Å². The zero-order valence-corrected chi connectivity index (χ0v) is 10.6. The Kier molecular flexibility index (Phi) is 5.77. The van der Waals surface area contributed by atoms with Crippen molar-refractivity contribution in [3.05, 3.63) is 34.2 Å². The van der Waals surface area contributed by atoms with Crippen LogP contribution in [-0.4, -0.2) is 23.3 Å². The molecule has 0 aliphatic heterocycles. The molecule has 0 radical (unpaired) electrons. The molecule has 1 unspecified atom stereocenters. The molecule has 0 aliphatic rings. The van der Waals surface area contributed by atoms with E-state index >= 15 is 0 Å². The topological polar surface area (TPSA) is 62.0 Å². The van der Waals surface area contributed by atoms with Crippen molar-refractivity contribution < 1.29 is 4.79 Å².